The summed E-state index contributed by atoms with van der Waals surface area (Å²) >= 11 is 0. The molecule has 0 spiro atoms. The predicted octanol–water partition coefficient (Wildman–Crippen LogP) is 15.1. The molecule has 0 aliphatic heterocycles. The number of aromatic nitrogens is 4. The van der Waals surface area contributed by atoms with Crippen LogP contribution in [0.25, 0.3) is 121 Å². The van der Waals surface area contributed by atoms with Gasteiger partial charge in [0, 0.05) is 49.4 Å². The van der Waals surface area contributed by atoms with Gasteiger partial charge in [-0.3, -0.25) is 0 Å². The maximum Gasteiger partial charge on any atom is 0.160 e. The molecule has 0 radical (unpaired) electrons. The topological polar surface area (TPSA) is 35.6 Å². The van der Waals surface area contributed by atoms with Crippen molar-refractivity contribution in [2.45, 2.75) is 0 Å². The molecule has 0 fully saturated rings. The van der Waals surface area contributed by atoms with Crippen LogP contribution in [-0.2, 0) is 0 Å². The third-order valence-electron chi connectivity index (χ3n) is 12.7. The smallest absolute Gasteiger partial charge is 0.160 e. The zero-order valence-corrected chi connectivity index (χ0v) is 33.6. The number of rotatable bonds is 5. The SMILES string of the molecule is c1ccc(-n2c3ccccc3c3cc(-c4ccc5c(c4)c4ccccc4n5-c4ccc(-c5nc(-c6cccc7ccccc67)c6c(ccc7ccccc76)n5)cc4)ccc32)cc1. The summed E-state index contributed by atoms with van der Waals surface area (Å²) in [5.41, 5.74) is 13.3. The van der Waals surface area contributed by atoms with Crippen LogP contribution in [0.2, 0.25) is 0 Å². The van der Waals surface area contributed by atoms with Gasteiger partial charge in [-0.2, -0.15) is 0 Å². The van der Waals surface area contributed by atoms with Gasteiger partial charge in [-0.25, -0.2) is 9.97 Å². The largest absolute Gasteiger partial charge is 0.309 e. The standard InChI is InChI=1S/C58H36N4/c1-2-16-42(17-3-1)61-52-23-10-8-20-46(52)49-35-40(28-33-54(49)61)41-29-34-55-50(36-41)47-21-9-11-24-53(47)62(55)43-30-25-39(26-31-43)58-59-51-32-27-38-14-5-7-19-45(38)56(51)57(60-58)48-22-12-15-37-13-4-6-18-44(37)48/h1-36H. The minimum atomic E-state index is 0.706. The van der Waals surface area contributed by atoms with E-state index in [-0.39, 0.29) is 0 Å². The highest BCUT2D eigenvalue weighted by molar-refractivity contribution is 6.16. The van der Waals surface area contributed by atoms with Crippen molar-refractivity contribution in [3.05, 3.63) is 218 Å². The Labute approximate surface area is 357 Å². The van der Waals surface area contributed by atoms with E-state index in [4.69, 9.17) is 9.97 Å². The van der Waals surface area contributed by atoms with Crippen molar-refractivity contribution in [2.24, 2.45) is 0 Å². The highest BCUT2D eigenvalue weighted by Gasteiger charge is 2.19. The van der Waals surface area contributed by atoms with Crippen molar-refractivity contribution in [1.82, 2.24) is 19.1 Å². The number of hydrogen-bond acceptors (Lipinski definition) is 2. The number of fused-ring (bicyclic) bond motifs is 10. The van der Waals surface area contributed by atoms with Gasteiger partial charge < -0.3 is 9.13 Å². The van der Waals surface area contributed by atoms with Gasteiger partial charge in [0.2, 0.25) is 0 Å². The van der Waals surface area contributed by atoms with Crippen LogP contribution in [0, 0.1) is 0 Å². The lowest BCUT2D eigenvalue weighted by molar-refractivity contribution is 1.17. The molecule has 0 saturated carbocycles. The van der Waals surface area contributed by atoms with Crippen LogP contribution in [-0.4, -0.2) is 19.1 Å². The fourth-order valence-electron chi connectivity index (χ4n) is 9.86. The minimum Gasteiger partial charge on any atom is -0.309 e. The van der Waals surface area contributed by atoms with Gasteiger partial charge in [0.15, 0.2) is 5.82 Å². The zero-order chi connectivity index (χ0) is 40.7. The first-order chi connectivity index (χ1) is 30.7. The maximum atomic E-state index is 5.41. The van der Waals surface area contributed by atoms with Crippen LogP contribution in [0.5, 0.6) is 0 Å². The Balaban J connectivity index is 0.932. The van der Waals surface area contributed by atoms with Crippen molar-refractivity contribution < 1.29 is 0 Å². The Morgan fingerprint density at radius 1 is 0.306 bits per heavy atom. The van der Waals surface area contributed by atoms with E-state index >= 15 is 0 Å². The van der Waals surface area contributed by atoms with E-state index < -0.39 is 0 Å². The van der Waals surface area contributed by atoms with E-state index in [0.29, 0.717) is 5.82 Å². The third kappa shape index (κ3) is 5.27. The zero-order valence-electron chi connectivity index (χ0n) is 33.6. The molecule has 0 N–H and O–H groups in total. The van der Waals surface area contributed by atoms with Gasteiger partial charge in [-0.15, -0.1) is 0 Å². The first-order valence-electron chi connectivity index (χ1n) is 21.2. The molecule has 288 valence electrons. The van der Waals surface area contributed by atoms with Gasteiger partial charge in [0.05, 0.1) is 33.3 Å². The molecule has 0 unspecified atom stereocenters. The molecule has 62 heavy (non-hydrogen) atoms. The van der Waals surface area contributed by atoms with Gasteiger partial charge in [0.1, 0.15) is 0 Å². The Morgan fingerprint density at radius 3 is 1.47 bits per heavy atom. The molecule has 0 aliphatic carbocycles. The Kier molecular flexibility index (Phi) is 7.57. The Morgan fingerprint density at radius 2 is 0.806 bits per heavy atom. The van der Waals surface area contributed by atoms with Crippen LogP contribution < -0.4 is 0 Å². The van der Waals surface area contributed by atoms with Crippen LogP contribution in [0.3, 0.4) is 0 Å². The average molecular weight is 789 g/mol. The molecule has 4 heteroatoms. The fourth-order valence-corrected chi connectivity index (χ4v) is 9.86. The number of hydrogen-bond donors (Lipinski definition) is 0. The van der Waals surface area contributed by atoms with Crippen molar-refractivity contribution in [1.29, 1.82) is 0 Å². The lowest BCUT2D eigenvalue weighted by Gasteiger charge is -2.14. The first kappa shape index (κ1) is 34.5. The van der Waals surface area contributed by atoms with Crippen molar-refractivity contribution in [3.63, 3.8) is 0 Å². The highest BCUT2D eigenvalue weighted by Crippen LogP contribution is 2.40. The Hall–Kier alpha value is -8.34. The molecule has 13 rings (SSSR count). The number of benzene rings is 10. The molecule has 0 aliphatic rings. The molecule has 4 nitrogen and oxygen atoms in total. The summed E-state index contributed by atoms with van der Waals surface area (Å²) in [4.78, 5) is 10.6. The molecule has 3 aromatic heterocycles. The van der Waals surface area contributed by atoms with E-state index in [0.717, 1.165) is 50.0 Å². The van der Waals surface area contributed by atoms with Crippen LogP contribution in [0.1, 0.15) is 0 Å². The quantitative estimate of drug-likeness (QED) is 0.163. The second kappa shape index (κ2) is 13.6. The van der Waals surface area contributed by atoms with Gasteiger partial charge in [0.25, 0.3) is 0 Å². The van der Waals surface area contributed by atoms with E-state index in [1.54, 1.807) is 0 Å². The third-order valence-corrected chi connectivity index (χ3v) is 12.7. The molecule has 13 aromatic rings. The van der Waals surface area contributed by atoms with Crippen LogP contribution in [0.15, 0.2) is 218 Å². The second-order valence-corrected chi connectivity index (χ2v) is 16.2. The van der Waals surface area contributed by atoms with Gasteiger partial charge >= 0.3 is 0 Å². The van der Waals surface area contributed by atoms with Crippen molar-refractivity contribution >= 4 is 76.1 Å². The van der Waals surface area contributed by atoms with Gasteiger partial charge in [-0.05, 0) is 112 Å². The summed E-state index contributed by atoms with van der Waals surface area (Å²) < 4.78 is 4.75. The average Bonchev–Trinajstić information content (AvgIpc) is 3.86. The molecular formula is C58H36N4. The lowest BCUT2D eigenvalue weighted by atomic mass is 9.96. The Bertz CT molecular complexity index is 3910. The molecule has 0 bridgehead atoms. The van der Waals surface area contributed by atoms with E-state index in [1.807, 2.05) is 0 Å². The van der Waals surface area contributed by atoms with E-state index in [9.17, 15) is 0 Å². The van der Waals surface area contributed by atoms with Crippen molar-refractivity contribution in [3.8, 4) is 45.1 Å². The summed E-state index contributed by atoms with van der Waals surface area (Å²) in [6, 6.07) is 78.5. The predicted molar refractivity (Wildman–Crippen MR) is 260 cm³/mol. The number of nitrogens with zero attached hydrogens (tertiary/aromatic N) is 4. The lowest BCUT2D eigenvalue weighted by Crippen LogP contribution is -1.98. The number of para-hydroxylation sites is 3. The summed E-state index contributed by atoms with van der Waals surface area (Å²) in [6.45, 7) is 0. The summed E-state index contributed by atoms with van der Waals surface area (Å²) in [6.07, 6.45) is 0. The van der Waals surface area contributed by atoms with Gasteiger partial charge in [-0.1, -0.05) is 140 Å². The summed E-state index contributed by atoms with van der Waals surface area (Å²) in [5, 5.41) is 10.7. The fraction of sp³-hybridized carbons (Fsp3) is 0. The molecule has 0 atom stereocenters. The van der Waals surface area contributed by atoms with Crippen LogP contribution in [0.4, 0.5) is 0 Å². The van der Waals surface area contributed by atoms with E-state index in [1.165, 1.54) is 65.4 Å². The molecular weight excluding hydrogens is 753 g/mol. The minimum absolute atomic E-state index is 0.706. The summed E-state index contributed by atoms with van der Waals surface area (Å²) in [5.74, 6) is 0.706. The molecule has 3 heterocycles. The summed E-state index contributed by atoms with van der Waals surface area (Å²) in [7, 11) is 0. The first-order valence-corrected chi connectivity index (χ1v) is 21.2. The van der Waals surface area contributed by atoms with Crippen LogP contribution >= 0.6 is 0 Å². The maximum absolute atomic E-state index is 5.41. The highest BCUT2D eigenvalue weighted by atomic mass is 15.0. The second-order valence-electron chi connectivity index (χ2n) is 16.2. The van der Waals surface area contributed by atoms with E-state index in [2.05, 4.69) is 228 Å². The van der Waals surface area contributed by atoms with Crippen molar-refractivity contribution in [2.75, 3.05) is 0 Å². The monoisotopic (exact) mass is 788 g/mol. The molecule has 10 aromatic carbocycles. The molecule has 0 amide bonds. The molecule has 0 saturated heterocycles. The normalized spacial score (nSPS) is 11.9.